The van der Waals surface area contributed by atoms with Gasteiger partial charge in [-0.05, 0) is 30.9 Å². The Morgan fingerprint density at radius 1 is 1.40 bits per heavy atom. The molecule has 20 heavy (non-hydrogen) atoms. The molecule has 1 N–H and O–H groups in total. The van der Waals surface area contributed by atoms with Crippen molar-refractivity contribution >= 4 is 20.9 Å². The lowest BCUT2D eigenvalue weighted by Crippen LogP contribution is -2.31. The minimum Gasteiger partial charge on any atom is -0.305 e. The highest BCUT2D eigenvalue weighted by Crippen LogP contribution is 2.22. The van der Waals surface area contributed by atoms with Crippen molar-refractivity contribution < 1.29 is 12.8 Å². The summed E-state index contributed by atoms with van der Waals surface area (Å²) < 4.78 is 38.5. The number of H-pyrrole nitrogens is 1. The Labute approximate surface area is 115 Å². The molecule has 5 nitrogen and oxygen atoms in total. The molecule has 1 unspecified atom stereocenters. The Hall–Kier alpha value is -1.63. The third-order valence-electron chi connectivity index (χ3n) is 3.74. The van der Waals surface area contributed by atoms with Crippen molar-refractivity contribution in [3.8, 4) is 0 Å². The van der Waals surface area contributed by atoms with E-state index in [4.69, 9.17) is 0 Å². The zero-order valence-corrected chi connectivity index (χ0v) is 11.6. The highest BCUT2D eigenvalue weighted by molar-refractivity contribution is 7.91. The van der Waals surface area contributed by atoms with Crippen LogP contribution in [0, 0.1) is 11.7 Å². The number of nitrogens with one attached hydrogen (secondary N) is 1. The van der Waals surface area contributed by atoms with Gasteiger partial charge in [0.15, 0.2) is 9.84 Å². The zero-order chi connectivity index (χ0) is 14.3. The Balaban J connectivity index is 1.99. The van der Waals surface area contributed by atoms with Crippen molar-refractivity contribution in [1.29, 1.82) is 0 Å². The van der Waals surface area contributed by atoms with Crippen LogP contribution in [-0.4, -0.2) is 29.5 Å². The summed E-state index contributed by atoms with van der Waals surface area (Å²) in [5, 5.41) is 0. The molecule has 0 amide bonds. The van der Waals surface area contributed by atoms with Crippen molar-refractivity contribution in [2.45, 2.75) is 19.4 Å². The fraction of sp³-hybridized carbons (Fsp3) is 0.462. The van der Waals surface area contributed by atoms with E-state index in [1.54, 1.807) is 6.07 Å². The van der Waals surface area contributed by atoms with Gasteiger partial charge in [0.05, 0.1) is 17.0 Å². The SMILES string of the molecule is O=c1[nH]c2cccc(F)c2n1CC1CCCS(=O)(=O)C1. The van der Waals surface area contributed by atoms with Gasteiger partial charge in [-0.15, -0.1) is 0 Å². The average Bonchev–Trinajstić information content (AvgIpc) is 2.66. The molecule has 0 radical (unpaired) electrons. The van der Waals surface area contributed by atoms with Crippen LogP contribution in [-0.2, 0) is 16.4 Å². The molecule has 3 rings (SSSR count). The molecule has 0 spiro atoms. The lowest BCUT2D eigenvalue weighted by Gasteiger charge is -2.22. The smallest absolute Gasteiger partial charge is 0.305 e. The van der Waals surface area contributed by atoms with Crippen molar-refractivity contribution in [2.75, 3.05) is 11.5 Å². The Kier molecular flexibility index (Phi) is 3.16. The quantitative estimate of drug-likeness (QED) is 0.908. The van der Waals surface area contributed by atoms with E-state index in [0.29, 0.717) is 11.9 Å². The van der Waals surface area contributed by atoms with Gasteiger partial charge in [0, 0.05) is 6.54 Å². The molecule has 1 aliphatic heterocycles. The highest BCUT2D eigenvalue weighted by Gasteiger charge is 2.26. The number of para-hydroxylation sites is 1. The molecule has 7 heteroatoms. The van der Waals surface area contributed by atoms with Gasteiger partial charge in [0.25, 0.3) is 0 Å². The van der Waals surface area contributed by atoms with Crippen LogP contribution in [0.5, 0.6) is 0 Å². The van der Waals surface area contributed by atoms with Crippen molar-refractivity contribution in [3.63, 3.8) is 0 Å². The summed E-state index contributed by atoms with van der Waals surface area (Å²) in [7, 11) is -3.03. The molecule has 0 aliphatic carbocycles. The molecule has 1 aromatic carbocycles. The van der Waals surface area contributed by atoms with Gasteiger partial charge in [-0.3, -0.25) is 4.57 Å². The molecule has 1 saturated heterocycles. The number of aromatic amines is 1. The van der Waals surface area contributed by atoms with E-state index in [1.807, 2.05) is 0 Å². The maximum atomic E-state index is 13.9. The second kappa shape index (κ2) is 4.73. The molecule has 1 aliphatic rings. The summed E-state index contributed by atoms with van der Waals surface area (Å²) >= 11 is 0. The minimum absolute atomic E-state index is 0.0700. The average molecular weight is 298 g/mol. The van der Waals surface area contributed by atoms with Crippen LogP contribution >= 0.6 is 0 Å². The number of fused-ring (bicyclic) bond motifs is 1. The van der Waals surface area contributed by atoms with Crippen molar-refractivity contribution in [1.82, 2.24) is 9.55 Å². The first kappa shape index (κ1) is 13.4. The zero-order valence-electron chi connectivity index (χ0n) is 10.8. The van der Waals surface area contributed by atoms with E-state index in [0.717, 1.165) is 6.42 Å². The van der Waals surface area contributed by atoms with Crippen LogP contribution in [0.4, 0.5) is 4.39 Å². The molecule has 0 bridgehead atoms. The summed E-state index contributed by atoms with van der Waals surface area (Å²) in [5.41, 5.74) is 0.266. The van der Waals surface area contributed by atoms with E-state index in [-0.39, 0.29) is 29.5 Å². The fourth-order valence-electron chi connectivity index (χ4n) is 2.87. The first-order chi connectivity index (χ1) is 9.46. The molecule has 2 aromatic rings. The van der Waals surface area contributed by atoms with Gasteiger partial charge >= 0.3 is 5.69 Å². The largest absolute Gasteiger partial charge is 0.326 e. The highest BCUT2D eigenvalue weighted by atomic mass is 32.2. The van der Waals surface area contributed by atoms with Crippen LogP contribution in [0.2, 0.25) is 0 Å². The summed E-state index contributed by atoms with van der Waals surface area (Å²) in [4.78, 5) is 14.5. The van der Waals surface area contributed by atoms with Gasteiger partial charge in [-0.1, -0.05) is 6.07 Å². The monoisotopic (exact) mass is 298 g/mol. The summed E-state index contributed by atoms with van der Waals surface area (Å²) in [6, 6.07) is 4.46. The second-order valence-electron chi connectivity index (χ2n) is 5.30. The van der Waals surface area contributed by atoms with Crippen LogP contribution in [0.15, 0.2) is 23.0 Å². The molecule has 1 fully saturated rings. The number of rotatable bonds is 2. The van der Waals surface area contributed by atoms with Crippen LogP contribution in [0.3, 0.4) is 0 Å². The number of nitrogens with zero attached hydrogens (tertiary/aromatic N) is 1. The maximum Gasteiger partial charge on any atom is 0.326 e. The van der Waals surface area contributed by atoms with Crippen LogP contribution in [0.1, 0.15) is 12.8 Å². The molecular weight excluding hydrogens is 283 g/mol. The van der Waals surface area contributed by atoms with E-state index in [9.17, 15) is 17.6 Å². The predicted octanol–water partition coefficient (Wildman–Crippen LogP) is 1.29. The van der Waals surface area contributed by atoms with E-state index in [1.165, 1.54) is 16.7 Å². The Morgan fingerprint density at radius 2 is 2.20 bits per heavy atom. The lowest BCUT2D eigenvalue weighted by atomic mass is 10.1. The molecule has 1 atom stereocenters. The molecule has 2 heterocycles. The first-order valence-electron chi connectivity index (χ1n) is 6.54. The summed E-state index contributed by atoms with van der Waals surface area (Å²) in [5.74, 6) is -0.328. The molecular formula is C13H15FN2O3S. The van der Waals surface area contributed by atoms with E-state index < -0.39 is 21.3 Å². The van der Waals surface area contributed by atoms with Crippen molar-refractivity contribution in [2.24, 2.45) is 5.92 Å². The normalized spacial score (nSPS) is 22.1. The van der Waals surface area contributed by atoms with Crippen molar-refractivity contribution in [3.05, 3.63) is 34.5 Å². The number of halogens is 1. The third-order valence-corrected chi connectivity index (χ3v) is 5.63. The molecule has 1 aromatic heterocycles. The number of benzene rings is 1. The molecule has 108 valence electrons. The number of hydrogen-bond donors (Lipinski definition) is 1. The standard InChI is InChI=1S/C13H15FN2O3S/c14-10-4-1-5-11-12(10)16(13(17)15-11)7-9-3-2-6-20(18,19)8-9/h1,4-5,9H,2-3,6-8H2,(H,15,17). The maximum absolute atomic E-state index is 13.9. The molecule has 0 saturated carbocycles. The number of sulfone groups is 1. The summed E-state index contributed by atoms with van der Waals surface area (Å²) in [6.45, 7) is 0.235. The predicted molar refractivity (Wildman–Crippen MR) is 73.9 cm³/mol. The first-order valence-corrected chi connectivity index (χ1v) is 8.36. The minimum atomic E-state index is -3.03. The van der Waals surface area contributed by atoms with E-state index >= 15 is 0 Å². The Bertz CT molecular complexity index is 807. The third kappa shape index (κ3) is 2.37. The van der Waals surface area contributed by atoms with E-state index in [2.05, 4.69) is 4.98 Å². The van der Waals surface area contributed by atoms with Gasteiger partial charge in [0.2, 0.25) is 0 Å². The van der Waals surface area contributed by atoms with Gasteiger partial charge in [-0.25, -0.2) is 17.6 Å². The number of imidazole rings is 1. The van der Waals surface area contributed by atoms with Crippen LogP contribution in [0.25, 0.3) is 11.0 Å². The van der Waals surface area contributed by atoms with Gasteiger partial charge in [-0.2, -0.15) is 0 Å². The number of hydrogen-bond acceptors (Lipinski definition) is 3. The topological polar surface area (TPSA) is 71.9 Å². The van der Waals surface area contributed by atoms with Gasteiger partial charge in [0.1, 0.15) is 11.3 Å². The van der Waals surface area contributed by atoms with Gasteiger partial charge < -0.3 is 4.98 Å². The lowest BCUT2D eigenvalue weighted by molar-refractivity contribution is 0.425. The van der Waals surface area contributed by atoms with Crippen LogP contribution < -0.4 is 5.69 Å². The number of aromatic nitrogens is 2. The Morgan fingerprint density at radius 3 is 2.95 bits per heavy atom. The summed E-state index contributed by atoms with van der Waals surface area (Å²) in [6.07, 6.45) is 1.35. The fourth-order valence-corrected chi connectivity index (χ4v) is 4.63. The second-order valence-corrected chi connectivity index (χ2v) is 7.53.